The second-order valence-corrected chi connectivity index (χ2v) is 6.73. The van der Waals surface area contributed by atoms with Crippen molar-refractivity contribution >= 4 is 15.7 Å². The molecule has 2 unspecified atom stereocenters. The molecule has 2 atom stereocenters. The Kier molecular flexibility index (Phi) is 4.55. The highest BCUT2D eigenvalue weighted by molar-refractivity contribution is 7.89. The molecule has 2 rings (SSSR count). The van der Waals surface area contributed by atoms with Gasteiger partial charge in [0.15, 0.2) is 0 Å². The first-order chi connectivity index (χ1) is 9.81. The molecule has 1 fully saturated rings. The van der Waals surface area contributed by atoms with Gasteiger partial charge >= 0.3 is 0 Å². The third-order valence-corrected chi connectivity index (χ3v) is 5.05. The number of rotatable bonds is 4. The Morgan fingerprint density at radius 1 is 1.33 bits per heavy atom. The lowest BCUT2D eigenvalue weighted by Crippen LogP contribution is -2.49. The minimum absolute atomic E-state index is 0.338. The first-order valence-electron chi connectivity index (χ1n) is 6.53. The van der Waals surface area contributed by atoms with E-state index in [4.69, 9.17) is 5.73 Å². The molecule has 0 radical (unpaired) electrons. The van der Waals surface area contributed by atoms with E-state index in [1.807, 2.05) is 0 Å². The average Bonchev–Trinajstić information content (AvgIpc) is 2.41. The molecule has 1 aliphatic rings. The fourth-order valence-electron chi connectivity index (χ4n) is 2.38. The van der Waals surface area contributed by atoms with Crippen molar-refractivity contribution in [3.63, 3.8) is 0 Å². The van der Waals surface area contributed by atoms with E-state index in [9.17, 15) is 22.9 Å². The molecule has 1 aromatic rings. The van der Waals surface area contributed by atoms with E-state index >= 15 is 0 Å². The number of nitro benzene ring substituents is 1. The molecule has 0 spiro atoms. The summed E-state index contributed by atoms with van der Waals surface area (Å²) in [5, 5.41) is 10.7. The Morgan fingerprint density at radius 2 is 2.00 bits per heavy atom. The SMILES string of the molecule is NC1CCCCC1NS(=O)(=O)c1cc([N+](=O)[O-])ccc1F. The monoisotopic (exact) mass is 317 g/mol. The summed E-state index contributed by atoms with van der Waals surface area (Å²) in [5.41, 5.74) is 5.37. The normalized spacial score (nSPS) is 23.0. The number of non-ortho nitro benzene ring substituents is 1. The van der Waals surface area contributed by atoms with E-state index in [1.54, 1.807) is 0 Å². The maximum absolute atomic E-state index is 13.7. The molecule has 9 heteroatoms. The van der Waals surface area contributed by atoms with Gasteiger partial charge in [0.25, 0.3) is 5.69 Å². The van der Waals surface area contributed by atoms with Crippen LogP contribution in [0.5, 0.6) is 0 Å². The van der Waals surface area contributed by atoms with Gasteiger partial charge in [-0.3, -0.25) is 10.1 Å². The number of hydrogen-bond donors (Lipinski definition) is 2. The van der Waals surface area contributed by atoms with Crippen LogP contribution in [0.25, 0.3) is 0 Å². The number of nitrogens with two attached hydrogens (primary N) is 1. The second kappa shape index (κ2) is 6.04. The van der Waals surface area contributed by atoms with Gasteiger partial charge in [-0.1, -0.05) is 12.8 Å². The van der Waals surface area contributed by atoms with Crippen LogP contribution in [-0.4, -0.2) is 25.4 Å². The van der Waals surface area contributed by atoms with Gasteiger partial charge < -0.3 is 5.73 Å². The van der Waals surface area contributed by atoms with Gasteiger partial charge in [-0.05, 0) is 18.9 Å². The maximum Gasteiger partial charge on any atom is 0.270 e. The molecule has 0 saturated heterocycles. The lowest BCUT2D eigenvalue weighted by molar-refractivity contribution is -0.385. The van der Waals surface area contributed by atoms with Gasteiger partial charge in [-0.25, -0.2) is 17.5 Å². The zero-order chi connectivity index (χ0) is 15.6. The third kappa shape index (κ3) is 3.55. The van der Waals surface area contributed by atoms with Crippen LogP contribution in [0.4, 0.5) is 10.1 Å². The average molecular weight is 317 g/mol. The Bertz CT molecular complexity index is 650. The van der Waals surface area contributed by atoms with Crippen molar-refractivity contribution in [1.29, 1.82) is 0 Å². The van der Waals surface area contributed by atoms with E-state index < -0.39 is 37.4 Å². The predicted molar refractivity (Wildman–Crippen MR) is 73.6 cm³/mol. The summed E-state index contributed by atoms with van der Waals surface area (Å²) < 4.78 is 40.5. The predicted octanol–water partition coefficient (Wildman–Crippen LogP) is 1.28. The van der Waals surface area contributed by atoms with Crippen molar-refractivity contribution in [2.24, 2.45) is 5.73 Å². The van der Waals surface area contributed by atoms with E-state index in [0.717, 1.165) is 25.0 Å². The fourth-order valence-corrected chi connectivity index (χ4v) is 3.80. The highest BCUT2D eigenvalue weighted by atomic mass is 32.2. The second-order valence-electron chi connectivity index (χ2n) is 5.05. The topological polar surface area (TPSA) is 115 Å². The van der Waals surface area contributed by atoms with Gasteiger partial charge in [0.2, 0.25) is 10.0 Å². The molecule has 0 amide bonds. The highest BCUT2D eigenvalue weighted by Gasteiger charge is 2.29. The molecule has 0 aromatic heterocycles. The Labute approximate surface area is 121 Å². The summed E-state index contributed by atoms with van der Waals surface area (Å²) in [6.45, 7) is 0. The molecular weight excluding hydrogens is 301 g/mol. The number of nitrogens with zero attached hydrogens (tertiary/aromatic N) is 1. The zero-order valence-electron chi connectivity index (χ0n) is 11.2. The van der Waals surface area contributed by atoms with Gasteiger partial charge in [-0.15, -0.1) is 0 Å². The van der Waals surface area contributed by atoms with Crippen molar-refractivity contribution in [3.05, 3.63) is 34.1 Å². The van der Waals surface area contributed by atoms with Crippen molar-refractivity contribution in [3.8, 4) is 0 Å². The molecule has 0 bridgehead atoms. The van der Waals surface area contributed by atoms with Crippen molar-refractivity contribution in [2.45, 2.75) is 42.7 Å². The summed E-state index contributed by atoms with van der Waals surface area (Å²) in [4.78, 5) is 9.18. The maximum atomic E-state index is 13.7. The summed E-state index contributed by atoms with van der Waals surface area (Å²) in [7, 11) is -4.19. The first-order valence-corrected chi connectivity index (χ1v) is 8.01. The summed E-state index contributed by atoms with van der Waals surface area (Å²) >= 11 is 0. The number of nitrogens with one attached hydrogen (secondary N) is 1. The smallest absolute Gasteiger partial charge is 0.270 e. The minimum Gasteiger partial charge on any atom is -0.326 e. The van der Waals surface area contributed by atoms with Crippen molar-refractivity contribution in [1.82, 2.24) is 4.72 Å². The molecule has 0 aliphatic heterocycles. The number of sulfonamides is 1. The molecule has 1 aromatic carbocycles. The van der Waals surface area contributed by atoms with Gasteiger partial charge in [-0.2, -0.15) is 0 Å². The van der Waals surface area contributed by atoms with Crippen LogP contribution in [0.15, 0.2) is 23.1 Å². The number of hydrogen-bond acceptors (Lipinski definition) is 5. The number of nitro groups is 1. The molecule has 116 valence electrons. The van der Waals surface area contributed by atoms with Crippen molar-refractivity contribution < 1.29 is 17.7 Å². The summed E-state index contributed by atoms with van der Waals surface area (Å²) in [5.74, 6) is -1.03. The lowest BCUT2D eigenvalue weighted by atomic mass is 9.92. The van der Waals surface area contributed by atoms with Crippen LogP contribution in [-0.2, 0) is 10.0 Å². The van der Waals surface area contributed by atoms with E-state index in [-0.39, 0.29) is 6.04 Å². The van der Waals surface area contributed by atoms with Crippen molar-refractivity contribution in [2.75, 3.05) is 0 Å². The number of benzene rings is 1. The van der Waals surface area contributed by atoms with E-state index in [1.165, 1.54) is 0 Å². The van der Waals surface area contributed by atoms with Crippen LogP contribution in [0.3, 0.4) is 0 Å². The standard InChI is InChI=1S/C12H16FN3O4S/c13-9-6-5-8(16(17)18)7-12(9)21(19,20)15-11-4-2-1-3-10(11)14/h5-7,10-11,15H,1-4,14H2. The minimum atomic E-state index is -4.19. The molecule has 7 nitrogen and oxygen atoms in total. The van der Waals surface area contributed by atoms with Crippen LogP contribution >= 0.6 is 0 Å². The van der Waals surface area contributed by atoms with Gasteiger partial charge in [0.1, 0.15) is 10.7 Å². The van der Waals surface area contributed by atoms with E-state index in [0.29, 0.717) is 18.9 Å². The fraction of sp³-hybridized carbons (Fsp3) is 0.500. The first kappa shape index (κ1) is 15.8. The molecular formula is C12H16FN3O4S. The van der Waals surface area contributed by atoms with E-state index in [2.05, 4.69) is 4.72 Å². The molecule has 3 N–H and O–H groups in total. The molecule has 1 aliphatic carbocycles. The zero-order valence-corrected chi connectivity index (χ0v) is 12.0. The van der Waals surface area contributed by atoms with Gasteiger partial charge in [0, 0.05) is 24.2 Å². The summed E-state index contributed by atoms with van der Waals surface area (Å²) in [6, 6.07) is 1.58. The largest absolute Gasteiger partial charge is 0.326 e. The molecule has 1 saturated carbocycles. The van der Waals surface area contributed by atoms with Crippen LogP contribution in [0.1, 0.15) is 25.7 Å². The molecule has 21 heavy (non-hydrogen) atoms. The Morgan fingerprint density at radius 3 is 2.62 bits per heavy atom. The van der Waals surface area contributed by atoms with Crippen LogP contribution < -0.4 is 10.5 Å². The van der Waals surface area contributed by atoms with Crippen LogP contribution in [0.2, 0.25) is 0 Å². The number of halogens is 1. The van der Waals surface area contributed by atoms with Gasteiger partial charge in [0.05, 0.1) is 4.92 Å². The quantitative estimate of drug-likeness (QED) is 0.641. The summed E-state index contributed by atoms with van der Waals surface area (Å²) in [6.07, 6.45) is 3.00. The third-order valence-electron chi connectivity index (χ3n) is 3.54. The lowest BCUT2D eigenvalue weighted by Gasteiger charge is -2.29. The Hall–Kier alpha value is -1.58. The Balaban J connectivity index is 2.30. The van der Waals surface area contributed by atoms with Crippen LogP contribution in [0, 0.1) is 15.9 Å². The highest BCUT2D eigenvalue weighted by Crippen LogP contribution is 2.23. The molecule has 0 heterocycles.